The molecule has 1 N–H and O–H groups in total. The van der Waals surface area contributed by atoms with E-state index in [9.17, 15) is 4.79 Å². The van der Waals surface area contributed by atoms with E-state index in [-0.39, 0.29) is 11.7 Å². The number of rotatable bonds is 5. The Hall–Kier alpha value is -2.28. The molecule has 1 aliphatic rings. The first-order valence-electron chi connectivity index (χ1n) is 8.28. The first kappa shape index (κ1) is 16.6. The maximum Gasteiger partial charge on any atom is 0.289 e. The van der Waals surface area contributed by atoms with E-state index in [0.717, 1.165) is 48.4 Å². The maximum atomic E-state index is 12.4. The standard InChI is InChI=1S/C17H23N5O2/c1-11-10-12(2)19-14-13(11)16(22-7-4-5-8-22)21-15(20-14)17(23)18-6-9-24-3/h10H,4-9H2,1-3H3,(H,18,23). The maximum absolute atomic E-state index is 12.4. The largest absolute Gasteiger partial charge is 0.383 e. The number of carbonyl (C=O) groups excluding carboxylic acids is 1. The Labute approximate surface area is 141 Å². The summed E-state index contributed by atoms with van der Waals surface area (Å²) in [5.41, 5.74) is 2.56. The van der Waals surface area contributed by atoms with Gasteiger partial charge < -0.3 is 15.0 Å². The van der Waals surface area contributed by atoms with Crippen LogP contribution in [0.25, 0.3) is 11.0 Å². The van der Waals surface area contributed by atoms with Gasteiger partial charge in [-0.2, -0.15) is 0 Å². The average Bonchev–Trinajstić information content (AvgIpc) is 3.07. The van der Waals surface area contributed by atoms with Crippen molar-refractivity contribution in [2.24, 2.45) is 0 Å². The van der Waals surface area contributed by atoms with Crippen LogP contribution in [0.3, 0.4) is 0 Å². The number of nitrogens with one attached hydrogen (secondary N) is 1. The fraction of sp³-hybridized carbons (Fsp3) is 0.529. The van der Waals surface area contributed by atoms with Crippen molar-refractivity contribution in [3.63, 3.8) is 0 Å². The van der Waals surface area contributed by atoms with Crippen LogP contribution in [0.2, 0.25) is 0 Å². The molecule has 7 heteroatoms. The fourth-order valence-corrected chi connectivity index (χ4v) is 3.06. The van der Waals surface area contributed by atoms with E-state index in [4.69, 9.17) is 4.74 Å². The van der Waals surface area contributed by atoms with Crippen LogP contribution in [0.1, 0.15) is 34.7 Å². The Morgan fingerprint density at radius 1 is 1.25 bits per heavy atom. The highest BCUT2D eigenvalue weighted by Gasteiger charge is 2.22. The molecule has 0 aromatic carbocycles. The minimum absolute atomic E-state index is 0.165. The third kappa shape index (κ3) is 3.31. The molecule has 7 nitrogen and oxygen atoms in total. The van der Waals surface area contributed by atoms with Crippen LogP contribution in [-0.4, -0.2) is 54.2 Å². The van der Waals surface area contributed by atoms with E-state index in [1.165, 1.54) is 0 Å². The van der Waals surface area contributed by atoms with E-state index >= 15 is 0 Å². The zero-order chi connectivity index (χ0) is 17.1. The lowest BCUT2D eigenvalue weighted by atomic mass is 10.1. The van der Waals surface area contributed by atoms with Crippen LogP contribution in [0.5, 0.6) is 0 Å². The van der Waals surface area contributed by atoms with Crippen LogP contribution in [0.4, 0.5) is 5.82 Å². The van der Waals surface area contributed by atoms with Gasteiger partial charge in [-0.15, -0.1) is 0 Å². The van der Waals surface area contributed by atoms with Crippen molar-refractivity contribution < 1.29 is 9.53 Å². The molecular weight excluding hydrogens is 306 g/mol. The SMILES string of the molecule is COCCNC(=O)c1nc(N2CCCC2)c2c(C)cc(C)nc2n1. The number of fused-ring (bicyclic) bond motifs is 1. The molecule has 0 atom stereocenters. The van der Waals surface area contributed by atoms with Gasteiger partial charge in [-0.25, -0.2) is 15.0 Å². The van der Waals surface area contributed by atoms with Crippen molar-refractivity contribution >= 4 is 22.8 Å². The molecule has 1 amide bonds. The molecule has 1 aliphatic heterocycles. The number of pyridine rings is 1. The number of hydrogen-bond donors (Lipinski definition) is 1. The second-order valence-electron chi connectivity index (χ2n) is 6.09. The van der Waals surface area contributed by atoms with Gasteiger partial charge in [0.25, 0.3) is 5.91 Å². The zero-order valence-electron chi connectivity index (χ0n) is 14.4. The Morgan fingerprint density at radius 2 is 2.00 bits per heavy atom. The highest BCUT2D eigenvalue weighted by Crippen LogP contribution is 2.29. The lowest BCUT2D eigenvalue weighted by molar-refractivity contribution is 0.0927. The number of aromatic nitrogens is 3. The van der Waals surface area contributed by atoms with Crippen LogP contribution >= 0.6 is 0 Å². The summed E-state index contributed by atoms with van der Waals surface area (Å²) < 4.78 is 4.96. The molecule has 0 spiro atoms. The quantitative estimate of drug-likeness (QED) is 0.840. The van der Waals surface area contributed by atoms with Crippen LogP contribution < -0.4 is 10.2 Å². The van der Waals surface area contributed by atoms with Gasteiger partial charge in [0, 0.05) is 32.4 Å². The van der Waals surface area contributed by atoms with Gasteiger partial charge in [0.05, 0.1) is 12.0 Å². The normalized spacial score (nSPS) is 14.4. The number of aryl methyl sites for hydroxylation is 2. The minimum atomic E-state index is -0.296. The number of hydrogen-bond acceptors (Lipinski definition) is 6. The average molecular weight is 329 g/mol. The van der Waals surface area contributed by atoms with E-state index < -0.39 is 0 Å². The molecule has 0 radical (unpaired) electrons. The van der Waals surface area contributed by atoms with Gasteiger partial charge in [0.1, 0.15) is 5.82 Å². The van der Waals surface area contributed by atoms with Crippen molar-refractivity contribution in [3.05, 3.63) is 23.1 Å². The second-order valence-corrected chi connectivity index (χ2v) is 6.09. The number of nitrogens with zero attached hydrogens (tertiary/aromatic N) is 4. The second kappa shape index (κ2) is 7.09. The highest BCUT2D eigenvalue weighted by molar-refractivity contribution is 5.96. The lowest BCUT2D eigenvalue weighted by Gasteiger charge is -2.20. The van der Waals surface area contributed by atoms with Crippen molar-refractivity contribution in [2.75, 3.05) is 38.3 Å². The molecule has 1 fully saturated rings. The third-order valence-corrected chi connectivity index (χ3v) is 4.17. The monoisotopic (exact) mass is 329 g/mol. The van der Waals surface area contributed by atoms with Gasteiger partial charge in [-0.05, 0) is 38.3 Å². The molecule has 24 heavy (non-hydrogen) atoms. The molecule has 2 aromatic rings. The van der Waals surface area contributed by atoms with E-state index in [0.29, 0.717) is 18.8 Å². The number of anilines is 1. The summed E-state index contributed by atoms with van der Waals surface area (Å²) in [5.74, 6) is 0.688. The van der Waals surface area contributed by atoms with Gasteiger partial charge in [0.2, 0.25) is 5.82 Å². The molecule has 0 unspecified atom stereocenters. The van der Waals surface area contributed by atoms with E-state index in [1.54, 1.807) is 7.11 Å². The highest BCUT2D eigenvalue weighted by atomic mass is 16.5. The summed E-state index contributed by atoms with van der Waals surface area (Å²) in [6.45, 7) is 6.75. The molecule has 128 valence electrons. The van der Waals surface area contributed by atoms with Gasteiger partial charge in [-0.3, -0.25) is 4.79 Å². The summed E-state index contributed by atoms with van der Waals surface area (Å²) in [6, 6.07) is 2.03. The molecule has 2 aromatic heterocycles. The molecule has 0 aliphatic carbocycles. The van der Waals surface area contributed by atoms with Crippen LogP contribution in [0, 0.1) is 13.8 Å². The molecule has 3 heterocycles. The van der Waals surface area contributed by atoms with Crippen molar-refractivity contribution in [3.8, 4) is 0 Å². The molecule has 3 rings (SSSR count). The number of amides is 1. The summed E-state index contributed by atoms with van der Waals surface area (Å²) >= 11 is 0. The predicted molar refractivity (Wildman–Crippen MR) is 92.5 cm³/mol. The fourth-order valence-electron chi connectivity index (χ4n) is 3.06. The first-order chi connectivity index (χ1) is 11.6. The zero-order valence-corrected chi connectivity index (χ0v) is 14.4. The van der Waals surface area contributed by atoms with Crippen molar-refractivity contribution in [1.29, 1.82) is 0 Å². The molecule has 0 saturated carbocycles. The molecular formula is C17H23N5O2. The predicted octanol–water partition coefficient (Wildman–Crippen LogP) is 1.62. The van der Waals surface area contributed by atoms with Crippen molar-refractivity contribution in [2.45, 2.75) is 26.7 Å². The smallest absolute Gasteiger partial charge is 0.289 e. The third-order valence-electron chi connectivity index (χ3n) is 4.17. The van der Waals surface area contributed by atoms with Gasteiger partial charge in [0.15, 0.2) is 5.65 Å². The summed E-state index contributed by atoms with van der Waals surface area (Å²) in [4.78, 5) is 28.1. The van der Waals surface area contributed by atoms with Crippen LogP contribution in [0.15, 0.2) is 6.07 Å². The van der Waals surface area contributed by atoms with E-state index in [1.807, 2.05) is 19.9 Å². The molecule has 1 saturated heterocycles. The number of carbonyl (C=O) groups is 1. The lowest BCUT2D eigenvalue weighted by Crippen LogP contribution is -2.30. The van der Waals surface area contributed by atoms with Gasteiger partial charge in [-0.1, -0.05) is 0 Å². The van der Waals surface area contributed by atoms with Gasteiger partial charge >= 0.3 is 0 Å². The Bertz CT molecular complexity index is 756. The Morgan fingerprint density at radius 3 is 2.71 bits per heavy atom. The molecule has 0 bridgehead atoms. The topological polar surface area (TPSA) is 80.2 Å². The Kier molecular flexibility index (Phi) is 4.89. The summed E-state index contributed by atoms with van der Waals surface area (Å²) in [6.07, 6.45) is 2.28. The number of ether oxygens (including phenoxy) is 1. The Balaban J connectivity index is 2.06. The number of methoxy groups -OCH3 is 1. The van der Waals surface area contributed by atoms with E-state index in [2.05, 4.69) is 25.2 Å². The summed E-state index contributed by atoms with van der Waals surface area (Å²) in [7, 11) is 1.60. The minimum Gasteiger partial charge on any atom is -0.383 e. The van der Waals surface area contributed by atoms with Crippen LogP contribution in [-0.2, 0) is 4.74 Å². The first-order valence-corrected chi connectivity index (χ1v) is 8.28. The van der Waals surface area contributed by atoms with Crippen molar-refractivity contribution in [1.82, 2.24) is 20.3 Å². The summed E-state index contributed by atoms with van der Waals surface area (Å²) in [5, 5.41) is 3.72.